The summed E-state index contributed by atoms with van der Waals surface area (Å²) in [6.07, 6.45) is 3.95. The van der Waals surface area contributed by atoms with Gasteiger partial charge in [0.2, 0.25) is 12.7 Å². The molecule has 0 aliphatic carbocycles. The van der Waals surface area contributed by atoms with Crippen molar-refractivity contribution < 1.29 is 19.0 Å². The second-order valence-electron chi connectivity index (χ2n) is 4.41. The molecule has 21 heavy (non-hydrogen) atoms. The van der Waals surface area contributed by atoms with Gasteiger partial charge < -0.3 is 19.5 Å². The predicted molar refractivity (Wildman–Crippen MR) is 80.7 cm³/mol. The van der Waals surface area contributed by atoms with Crippen molar-refractivity contribution >= 4 is 23.6 Å². The standard InChI is InChI=1S/C15H18ClNO4/c1-2-19-7-3-6-17-14(18)5-4-11-8-12(16)15-13(9-11)20-10-21-15/h4-5,8-9H,2-3,6-7,10H2,1H3,(H,17,18)/b5-4+. The molecule has 1 aromatic rings. The van der Waals surface area contributed by atoms with Crippen molar-refractivity contribution in [1.82, 2.24) is 5.32 Å². The van der Waals surface area contributed by atoms with E-state index in [4.69, 9.17) is 25.8 Å². The quantitative estimate of drug-likeness (QED) is 0.621. The Morgan fingerprint density at radius 1 is 1.48 bits per heavy atom. The van der Waals surface area contributed by atoms with E-state index in [1.165, 1.54) is 6.08 Å². The summed E-state index contributed by atoms with van der Waals surface area (Å²) < 4.78 is 15.7. The van der Waals surface area contributed by atoms with Crippen molar-refractivity contribution in [2.75, 3.05) is 26.6 Å². The number of hydrogen-bond acceptors (Lipinski definition) is 4. The minimum absolute atomic E-state index is 0.153. The number of benzene rings is 1. The zero-order valence-electron chi connectivity index (χ0n) is 11.9. The molecule has 0 bridgehead atoms. The van der Waals surface area contributed by atoms with E-state index >= 15 is 0 Å². The lowest BCUT2D eigenvalue weighted by Crippen LogP contribution is -2.23. The molecule has 1 N–H and O–H groups in total. The maximum atomic E-state index is 11.6. The zero-order valence-corrected chi connectivity index (χ0v) is 12.6. The lowest BCUT2D eigenvalue weighted by atomic mass is 10.2. The van der Waals surface area contributed by atoms with Crippen molar-refractivity contribution in [3.63, 3.8) is 0 Å². The molecule has 1 aromatic carbocycles. The minimum Gasteiger partial charge on any atom is -0.454 e. The maximum absolute atomic E-state index is 11.6. The number of ether oxygens (including phenoxy) is 3. The molecule has 5 nitrogen and oxygen atoms in total. The van der Waals surface area contributed by atoms with Crippen LogP contribution in [0.3, 0.4) is 0 Å². The highest BCUT2D eigenvalue weighted by molar-refractivity contribution is 6.32. The Kier molecular flexibility index (Phi) is 5.90. The monoisotopic (exact) mass is 311 g/mol. The summed E-state index contributed by atoms with van der Waals surface area (Å²) in [7, 11) is 0. The van der Waals surface area contributed by atoms with Crippen LogP contribution in [0.15, 0.2) is 18.2 Å². The molecule has 0 radical (unpaired) electrons. The molecule has 0 atom stereocenters. The van der Waals surface area contributed by atoms with Crippen LogP contribution in [0.5, 0.6) is 11.5 Å². The van der Waals surface area contributed by atoms with E-state index in [2.05, 4.69) is 5.32 Å². The molecule has 1 aliphatic rings. The molecular weight excluding hydrogens is 294 g/mol. The van der Waals surface area contributed by atoms with Gasteiger partial charge in [0, 0.05) is 25.8 Å². The number of rotatable bonds is 7. The largest absolute Gasteiger partial charge is 0.454 e. The molecule has 0 spiro atoms. The van der Waals surface area contributed by atoms with Crippen LogP contribution < -0.4 is 14.8 Å². The van der Waals surface area contributed by atoms with E-state index in [9.17, 15) is 4.79 Å². The van der Waals surface area contributed by atoms with Crippen LogP contribution in [0.2, 0.25) is 5.02 Å². The van der Waals surface area contributed by atoms with Gasteiger partial charge in [-0.15, -0.1) is 0 Å². The summed E-state index contributed by atoms with van der Waals surface area (Å²) in [6.45, 7) is 4.04. The minimum atomic E-state index is -0.153. The molecule has 1 heterocycles. The first-order valence-electron chi connectivity index (χ1n) is 6.83. The molecule has 0 unspecified atom stereocenters. The third-order valence-corrected chi connectivity index (χ3v) is 3.13. The van der Waals surface area contributed by atoms with Gasteiger partial charge >= 0.3 is 0 Å². The van der Waals surface area contributed by atoms with Crippen LogP contribution in [-0.4, -0.2) is 32.5 Å². The number of halogens is 1. The van der Waals surface area contributed by atoms with Crippen LogP contribution in [0.4, 0.5) is 0 Å². The average Bonchev–Trinajstić information content (AvgIpc) is 2.94. The lowest BCUT2D eigenvalue weighted by molar-refractivity contribution is -0.116. The number of hydrogen-bond donors (Lipinski definition) is 1. The summed E-state index contributed by atoms with van der Waals surface area (Å²) in [5.41, 5.74) is 0.786. The third-order valence-electron chi connectivity index (χ3n) is 2.85. The van der Waals surface area contributed by atoms with Crippen molar-refractivity contribution in [2.45, 2.75) is 13.3 Å². The Bertz CT molecular complexity index is 531. The highest BCUT2D eigenvalue weighted by Gasteiger charge is 2.17. The van der Waals surface area contributed by atoms with Gasteiger partial charge in [-0.05, 0) is 37.1 Å². The van der Waals surface area contributed by atoms with Gasteiger partial charge in [-0.2, -0.15) is 0 Å². The molecule has 2 rings (SSSR count). The first kappa shape index (κ1) is 15.7. The van der Waals surface area contributed by atoms with Crippen molar-refractivity contribution in [2.24, 2.45) is 0 Å². The lowest BCUT2D eigenvalue weighted by Gasteiger charge is -2.03. The topological polar surface area (TPSA) is 56.8 Å². The number of fused-ring (bicyclic) bond motifs is 1. The van der Waals surface area contributed by atoms with Crippen LogP contribution in [0, 0.1) is 0 Å². The predicted octanol–water partition coefficient (Wildman–Crippen LogP) is 2.62. The van der Waals surface area contributed by atoms with Gasteiger partial charge in [0.25, 0.3) is 0 Å². The van der Waals surface area contributed by atoms with Gasteiger partial charge in [0.1, 0.15) is 0 Å². The SMILES string of the molecule is CCOCCCNC(=O)/C=C/c1cc(Cl)c2c(c1)OCO2. The van der Waals surface area contributed by atoms with Gasteiger partial charge in [-0.25, -0.2) is 0 Å². The number of carbonyl (C=O) groups is 1. The number of nitrogens with one attached hydrogen (secondary N) is 1. The van der Waals surface area contributed by atoms with E-state index in [1.807, 2.05) is 6.92 Å². The molecule has 6 heteroatoms. The van der Waals surface area contributed by atoms with Gasteiger partial charge in [0.15, 0.2) is 11.5 Å². The Morgan fingerprint density at radius 3 is 3.14 bits per heavy atom. The summed E-state index contributed by atoms with van der Waals surface area (Å²) in [6, 6.07) is 3.51. The number of carbonyl (C=O) groups excluding carboxylic acids is 1. The summed E-state index contributed by atoms with van der Waals surface area (Å²) >= 11 is 6.07. The molecular formula is C15H18ClNO4. The molecule has 0 saturated carbocycles. The van der Waals surface area contributed by atoms with Crippen LogP contribution in [-0.2, 0) is 9.53 Å². The molecule has 1 amide bonds. The Balaban J connectivity index is 1.83. The second kappa shape index (κ2) is 7.90. The van der Waals surface area contributed by atoms with Crippen molar-refractivity contribution in [3.8, 4) is 11.5 Å². The van der Waals surface area contributed by atoms with Crippen LogP contribution in [0.1, 0.15) is 18.9 Å². The Labute approximate surface area is 128 Å². The van der Waals surface area contributed by atoms with E-state index in [1.54, 1.807) is 18.2 Å². The summed E-state index contributed by atoms with van der Waals surface area (Å²) in [4.78, 5) is 11.6. The van der Waals surface area contributed by atoms with E-state index in [-0.39, 0.29) is 12.7 Å². The molecule has 0 saturated heterocycles. The fraction of sp³-hybridized carbons (Fsp3) is 0.400. The van der Waals surface area contributed by atoms with Gasteiger partial charge in [0.05, 0.1) is 5.02 Å². The first-order valence-corrected chi connectivity index (χ1v) is 7.21. The number of amides is 1. The van der Waals surface area contributed by atoms with Crippen LogP contribution in [0.25, 0.3) is 6.08 Å². The fourth-order valence-corrected chi connectivity index (χ4v) is 2.12. The molecule has 1 aliphatic heterocycles. The summed E-state index contributed by atoms with van der Waals surface area (Å²) in [5, 5.41) is 3.26. The third kappa shape index (κ3) is 4.65. The Hall–Kier alpha value is -1.72. The van der Waals surface area contributed by atoms with Crippen molar-refractivity contribution in [3.05, 3.63) is 28.8 Å². The van der Waals surface area contributed by atoms with Gasteiger partial charge in [-0.1, -0.05) is 11.6 Å². The highest BCUT2D eigenvalue weighted by Crippen LogP contribution is 2.39. The molecule has 0 aromatic heterocycles. The van der Waals surface area contributed by atoms with Crippen LogP contribution >= 0.6 is 11.6 Å². The normalized spacial score (nSPS) is 12.9. The van der Waals surface area contributed by atoms with E-state index in [0.29, 0.717) is 36.3 Å². The molecule has 0 fully saturated rings. The van der Waals surface area contributed by atoms with Gasteiger partial charge in [-0.3, -0.25) is 4.79 Å². The maximum Gasteiger partial charge on any atom is 0.244 e. The first-order chi connectivity index (χ1) is 10.2. The highest BCUT2D eigenvalue weighted by atomic mass is 35.5. The molecule has 114 valence electrons. The van der Waals surface area contributed by atoms with E-state index in [0.717, 1.165) is 12.0 Å². The van der Waals surface area contributed by atoms with Crippen molar-refractivity contribution in [1.29, 1.82) is 0 Å². The second-order valence-corrected chi connectivity index (χ2v) is 4.82. The van der Waals surface area contributed by atoms with E-state index < -0.39 is 0 Å². The Morgan fingerprint density at radius 2 is 2.33 bits per heavy atom. The summed E-state index contributed by atoms with van der Waals surface area (Å²) in [5.74, 6) is 0.994. The smallest absolute Gasteiger partial charge is 0.244 e. The fourth-order valence-electron chi connectivity index (χ4n) is 1.84. The zero-order chi connectivity index (χ0) is 15.1. The average molecular weight is 312 g/mol.